The molecule has 1 aromatic carbocycles. The number of hydrogen-bond donors (Lipinski definition) is 2. The lowest BCUT2D eigenvalue weighted by molar-refractivity contribution is -0.117. The van der Waals surface area contributed by atoms with Crippen molar-refractivity contribution in [2.24, 2.45) is 5.92 Å². The highest BCUT2D eigenvalue weighted by Gasteiger charge is 2.30. The first-order valence-electron chi connectivity index (χ1n) is 5.44. The second-order valence-corrected chi connectivity index (χ2v) is 4.96. The van der Waals surface area contributed by atoms with E-state index in [0.29, 0.717) is 4.47 Å². The zero-order valence-electron chi connectivity index (χ0n) is 9.70. The van der Waals surface area contributed by atoms with Gasteiger partial charge in [-0.3, -0.25) is 4.79 Å². The summed E-state index contributed by atoms with van der Waals surface area (Å²) in [5.41, 5.74) is 0.468. The van der Waals surface area contributed by atoms with E-state index < -0.39 is 5.97 Å². The third-order valence-electron chi connectivity index (χ3n) is 2.69. The van der Waals surface area contributed by atoms with Crippen molar-refractivity contribution in [2.45, 2.75) is 12.8 Å². The summed E-state index contributed by atoms with van der Waals surface area (Å²) in [7, 11) is 1.27. The summed E-state index contributed by atoms with van der Waals surface area (Å²) in [6.07, 6.45) is 1.73. The number of benzene rings is 1. The van der Waals surface area contributed by atoms with Crippen molar-refractivity contribution >= 4 is 33.5 Å². The molecular weight excluding hydrogens is 302 g/mol. The minimum absolute atomic E-state index is 0.0185. The molecule has 0 atom stereocenters. The van der Waals surface area contributed by atoms with E-state index in [0.717, 1.165) is 12.8 Å². The first kappa shape index (κ1) is 12.9. The number of methoxy groups -OCH3 is 1. The molecule has 1 saturated carbocycles. The first-order valence-corrected chi connectivity index (χ1v) is 6.24. The van der Waals surface area contributed by atoms with E-state index in [9.17, 15) is 14.7 Å². The maximum absolute atomic E-state index is 11.6. The van der Waals surface area contributed by atoms with E-state index in [1.54, 1.807) is 0 Å². The smallest absolute Gasteiger partial charge is 0.337 e. The van der Waals surface area contributed by atoms with Crippen molar-refractivity contribution in [3.63, 3.8) is 0 Å². The number of esters is 1. The fourth-order valence-electron chi connectivity index (χ4n) is 1.51. The maximum Gasteiger partial charge on any atom is 0.337 e. The summed E-state index contributed by atoms with van der Waals surface area (Å²) < 4.78 is 4.93. The fourth-order valence-corrected chi connectivity index (χ4v) is 1.97. The fraction of sp³-hybridized carbons (Fsp3) is 0.333. The number of aromatic hydroxyl groups is 1. The van der Waals surface area contributed by atoms with Crippen LogP contribution >= 0.6 is 15.9 Å². The number of phenolic OH excluding ortho intramolecular Hbond substituents is 1. The second kappa shape index (κ2) is 4.97. The number of phenols is 1. The Hall–Kier alpha value is -1.56. The predicted octanol–water partition coefficient (Wildman–Crippen LogP) is 2.29. The van der Waals surface area contributed by atoms with Crippen molar-refractivity contribution in [3.05, 3.63) is 22.2 Å². The lowest BCUT2D eigenvalue weighted by Crippen LogP contribution is -2.14. The third kappa shape index (κ3) is 2.64. The number of amides is 1. The normalized spacial score (nSPS) is 14.1. The van der Waals surface area contributed by atoms with Crippen LogP contribution in [0.15, 0.2) is 16.6 Å². The van der Waals surface area contributed by atoms with Gasteiger partial charge in [-0.15, -0.1) is 0 Å². The highest BCUT2D eigenvalue weighted by molar-refractivity contribution is 9.10. The number of anilines is 1. The van der Waals surface area contributed by atoms with Gasteiger partial charge in [0, 0.05) is 5.92 Å². The molecule has 1 aromatic rings. The molecule has 96 valence electrons. The number of ether oxygens (including phenoxy) is 1. The number of rotatable bonds is 3. The molecular formula is C12H12BrNO4. The summed E-state index contributed by atoms with van der Waals surface area (Å²) >= 11 is 3.13. The van der Waals surface area contributed by atoms with Gasteiger partial charge in [0.25, 0.3) is 0 Å². The summed E-state index contributed by atoms with van der Waals surface area (Å²) in [5.74, 6) is -0.751. The average Bonchev–Trinajstić information content (AvgIpc) is 3.17. The number of halogens is 1. The van der Waals surface area contributed by atoms with Gasteiger partial charge < -0.3 is 15.2 Å². The van der Waals surface area contributed by atoms with E-state index >= 15 is 0 Å². The molecule has 0 radical (unpaired) electrons. The zero-order chi connectivity index (χ0) is 13.3. The molecule has 0 bridgehead atoms. The molecule has 18 heavy (non-hydrogen) atoms. The van der Waals surface area contributed by atoms with E-state index in [4.69, 9.17) is 0 Å². The van der Waals surface area contributed by atoms with Gasteiger partial charge >= 0.3 is 5.97 Å². The van der Waals surface area contributed by atoms with Crippen LogP contribution in [0.5, 0.6) is 5.75 Å². The van der Waals surface area contributed by atoms with Crippen molar-refractivity contribution in [3.8, 4) is 5.75 Å². The number of carbonyl (C=O) groups is 2. The second-order valence-electron chi connectivity index (χ2n) is 4.11. The minimum Gasteiger partial charge on any atom is -0.505 e. The third-order valence-corrected chi connectivity index (χ3v) is 3.30. The van der Waals surface area contributed by atoms with Crippen LogP contribution in [0.1, 0.15) is 23.2 Å². The molecule has 0 spiro atoms. The zero-order valence-corrected chi connectivity index (χ0v) is 11.3. The quantitative estimate of drug-likeness (QED) is 0.663. The Morgan fingerprint density at radius 1 is 1.44 bits per heavy atom. The Morgan fingerprint density at radius 3 is 2.67 bits per heavy atom. The minimum atomic E-state index is -0.530. The van der Waals surface area contributed by atoms with Crippen molar-refractivity contribution in [1.82, 2.24) is 0 Å². The number of nitrogens with one attached hydrogen (secondary N) is 1. The van der Waals surface area contributed by atoms with Gasteiger partial charge in [0.1, 0.15) is 0 Å². The maximum atomic E-state index is 11.6. The molecule has 0 saturated heterocycles. The molecule has 5 nitrogen and oxygen atoms in total. The van der Waals surface area contributed by atoms with E-state index in [-0.39, 0.29) is 28.8 Å². The van der Waals surface area contributed by atoms with Crippen molar-refractivity contribution in [1.29, 1.82) is 0 Å². The van der Waals surface area contributed by atoms with Gasteiger partial charge in [0.15, 0.2) is 5.75 Å². The van der Waals surface area contributed by atoms with Gasteiger partial charge in [-0.1, -0.05) is 0 Å². The molecule has 1 aliphatic rings. The van der Waals surface area contributed by atoms with Gasteiger partial charge in [0.05, 0.1) is 22.8 Å². The summed E-state index contributed by atoms with van der Waals surface area (Å²) in [6.45, 7) is 0. The largest absolute Gasteiger partial charge is 0.505 e. The molecule has 2 rings (SSSR count). The molecule has 0 heterocycles. The van der Waals surface area contributed by atoms with E-state index in [1.165, 1.54) is 19.2 Å². The Kier molecular flexibility index (Phi) is 3.56. The monoisotopic (exact) mass is 313 g/mol. The van der Waals surface area contributed by atoms with Crippen LogP contribution < -0.4 is 5.32 Å². The van der Waals surface area contributed by atoms with Crippen molar-refractivity contribution < 1.29 is 19.4 Å². The average molecular weight is 314 g/mol. The van der Waals surface area contributed by atoms with E-state index in [2.05, 4.69) is 26.0 Å². The molecule has 0 aromatic heterocycles. The standard InChI is InChI=1S/C12H12BrNO4/c1-18-12(17)7-4-8(13)10(15)9(5-7)14-11(16)6-2-3-6/h4-6,15H,2-3H2,1H3,(H,14,16). The molecule has 6 heteroatoms. The topological polar surface area (TPSA) is 75.6 Å². The van der Waals surface area contributed by atoms with Crippen LogP contribution in [-0.2, 0) is 9.53 Å². The summed E-state index contributed by atoms with van der Waals surface area (Å²) in [4.78, 5) is 23.1. The van der Waals surface area contributed by atoms with Crippen LogP contribution in [-0.4, -0.2) is 24.1 Å². The van der Waals surface area contributed by atoms with Gasteiger partial charge in [0.2, 0.25) is 5.91 Å². The summed E-state index contributed by atoms with van der Waals surface area (Å²) in [6, 6.07) is 2.83. The Morgan fingerprint density at radius 2 is 2.11 bits per heavy atom. The molecule has 1 fully saturated rings. The van der Waals surface area contributed by atoms with Crippen LogP contribution in [0.2, 0.25) is 0 Å². The molecule has 1 aliphatic carbocycles. The predicted molar refractivity (Wildman–Crippen MR) is 68.5 cm³/mol. The molecule has 1 amide bonds. The summed E-state index contributed by atoms with van der Waals surface area (Å²) in [5, 5.41) is 12.4. The lowest BCUT2D eigenvalue weighted by atomic mass is 10.2. The Labute approximate surface area is 112 Å². The number of hydrogen-bond acceptors (Lipinski definition) is 4. The molecule has 0 aliphatic heterocycles. The van der Waals surface area contributed by atoms with Crippen molar-refractivity contribution in [2.75, 3.05) is 12.4 Å². The van der Waals surface area contributed by atoms with Crippen LogP contribution in [0.4, 0.5) is 5.69 Å². The van der Waals surface area contributed by atoms with Crippen LogP contribution in [0.25, 0.3) is 0 Å². The van der Waals surface area contributed by atoms with Gasteiger partial charge in [-0.2, -0.15) is 0 Å². The first-order chi connectivity index (χ1) is 8.52. The highest BCUT2D eigenvalue weighted by Crippen LogP contribution is 2.36. The number of carbonyl (C=O) groups excluding carboxylic acids is 2. The SMILES string of the molecule is COC(=O)c1cc(Br)c(O)c(NC(=O)C2CC2)c1. The van der Waals surface area contributed by atoms with Crippen LogP contribution in [0.3, 0.4) is 0 Å². The highest BCUT2D eigenvalue weighted by atomic mass is 79.9. The van der Waals surface area contributed by atoms with Gasteiger partial charge in [-0.25, -0.2) is 4.79 Å². The van der Waals surface area contributed by atoms with E-state index in [1.807, 2.05) is 0 Å². The Bertz CT molecular complexity index is 511. The van der Waals surface area contributed by atoms with Crippen LogP contribution in [0, 0.1) is 5.92 Å². The Balaban J connectivity index is 2.29. The molecule has 0 unspecified atom stereocenters. The van der Waals surface area contributed by atoms with Gasteiger partial charge in [-0.05, 0) is 40.9 Å². The lowest BCUT2D eigenvalue weighted by Gasteiger charge is -2.10. The molecule has 2 N–H and O–H groups in total.